The number of nitriles is 1. The number of hydrogen-bond donors (Lipinski definition) is 1. The molecular weight excluding hydrogens is 380 g/mol. The Morgan fingerprint density at radius 3 is 2.25 bits per heavy atom. The molecule has 0 saturated heterocycles. The summed E-state index contributed by atoms with van der Waals surface area (Å²) in [4.78, 5) is 24.6. The maximum Gasteiger partial charge on any atom is 0.344 e. The van der Waals surface area contributed by atoms with Crippen LogP contribution in [-0.4, -0.2) is 32.2 Å². The zero-order valence-corrected chi connectivity index (χ0v) is 16.6. The van der Waals surface area contributed by atoms with E-state index in [1.807, 2.05) is 31.4 Å². The maximum atomic E-state index is 12.1. The number of benzene rings is 2. The van der Waals surface area contributed by atoms with Crippen LogP contribution in [0.5, 0.6) is 11.5 Å². The molecule has 0 radical (unpaired) electrons. The second-order valence-electron chi connectivity index (χ2n) is 5.80. The van der Waals surface area contributed by atoms with Crippen molar-refractivity contribution in [2.45, 2.75) is 18.7 Å². The molecule has 28 heavy (non-hydrogen) atoms. The molecule has 2 aromatic carbocycles. The first-order valence-corrected chi connectivity index (χ1v) is 9.14. The van der Waals surface area contributed by atoms with Gasteiger partial charge in [0, 0.05) is 10.6 Å². The molecule has 0 unspecified atom stereocenters. The molecule has 0 fully saturated rings. The second-order valence-corrected chi connectivity index (χ2v) is 6.66. The van der Waals surface area contributed by atoms with Gasteiger partial charge in [0.1, 0.15) is 16.9 Å². The molecule has 0 aliphatic rings. The van der Waals surface area contributed by atoms with Crippen LogP contribution in [0, 0.1) is 24.5 Å². The van der Waals surface area contributed by atoms with E-state index in [4.69, 9.17) is 19.5 Å². The minimum Gasteiger partial charge on any atom is -0.497 e. The molecule has 0 aliphatic heterocycles. The predicted octanol–water partition coefficient (Wildman–Crippen LogP) is 3.45. The molecular formula is C20H20N2O5S. The van der Waals surface area contributed by atoms with Crippen molar-refractivity contribution in [3.05, 3.63) is 47.5 Å². The number of nitrogens with one attached hydrogen (secondary N) is 1. The van der Waals surface area contributed by atoms with Crippen LogP contribution in [0.2, 0.25) is 0 Å². The number of methoxy groups -OCH3 is 1. The molecule has 0 spiro atoms. The van der Waals surface area contributed by atoms with Crippen LogP contribution >= 0.6 is 11.8 Å². The van der Waals surface area contributed by atoms with Crippen molar-refractivity contribution in [2.24, 2.45) is 0 Å². The number of carbonyl (C=O) groups excluding carboxylic acids is 2. The standard InChI is InChI=1S/C20H20N2O5S/c1-13-8-17(28-12-21)9-14(2)20(13)22-18(23)10-27-19(24)11-26-16-6-4-15(25-3)5-7-16/h4-9H,10-11H2,1-3H3,(H,22,23). The maximum absolute atomic E-state index is 12.1. The smallest absolute Gasteiger partial charge is 0.344 e. The SMILES string of the molecule is COc1ccc(OCC(=O)OCC(=O)Nc2c(C)cc(SC#N)cc2C)cc1. The van der Waals surface area contributed by atoms with Crippen molar-refractivity contribution in [2.75, 3.05) is 25.6 Å². The Bertz CT molecular complexity index is 867. The van der Waals surface area contributed by atoms with Gasteiger partial charge in [-0.05, 0) is 73.1 Å². The van der Waals surface area contributed by atoms with Gasteiger partial charge < -0.3 is 19.5 Å². The number of ether oxygens (including phenoxy) is 3. The van der Waals surface area contributed by atoms with Gasteiger partial charge in [-0.2, -0.15) is 5.26 Å². The number of aryl methyl sites for hydroxylation is 2. The fourth-order valence-corrected chi connectivity index (χ4v) is 2.99. The Balaban J connectivity index is 1.81. The molecule has 0 aliphatic carbocycles. The first-order chi connectivity index (χ1) is 13.4. The minimum absolute atomic E-state index is 0.308. The highest BCUT2D eigenvalue weighted by molar-refractivity contribution is 8.03. The summed E-state index contributed by atoms with van der Waals surface area (Å²) in [5.41, 5.74) is 2.28. The third-order valence-corrected chi connectivity index (χ3v) is 4.28. The van der Waals surface area contributed by atoms with Crippen molar-refractivity contribution < 1.29 is 23.8 Å². The van der Waals surface area contributed by atoms with E-state index in [2.05, 4.69) is 5.32 Å². The molecule has 146 valence electrons. The molecule has 0 bridgehead atoms. The van der Waals surface area contributed by atoms with Crippen molar-refractivity contribution in [1.29, 1.82) is 5.26 Å². The van der Waals surface area contributed by atoms with Crippen molar-refractivity contribution in [3.8, 4) is 16.9 Å². The normalized spacial score (nSPS) is 9.93. The lowest BCUT2D eigenvalue weighted by atomic mass is 10.1. The Morgan fingerprint density at radius 1 is 1.07 bits per heavy atom. The lowest BCUT2D eigenvalue weighted by Gasteiger charge is -2.13. The summed E-state index contributed by atoms with van der Waals surface area (Å²) in [5.74, 6) is 0.0603. The monoisotopic (exact) mass is 400 g/mol. The van der Waals surface area contributed by atoms with Crippen molar-refractivity contribution in [3.63, 3.8) is 0 Å². The summed E-state index contributed by atoms with van der Waals surface area (Å²) in [7, 11) is 1.56. The second kappa shape index (κ2) is 10.2. The fraction of sp³-hybridized carbons (Fsp3) is 0.250. The van der Waals surface area contributed by atoms with Gasteiger partial charge in [-0.15, -0.1) is 0 Å². The lowest BCUT2D eigenvalue weighted by Crippen LogP contribution is -2.24. The molecule has 2 rings (SSSR count). The van der Waals surface area contributed by atoms with Crippen LogP contribution in [0.4, 0.5) is 5.69 Å². The van der Waals surface area contributed by atoms with Crippen molar-refractivity contribution >= 4 is 29.3 Å². The highest BCUT2D eigenvalue weighted by Crippen LogP contribution is 2.27. The quantitative estimate of drug-likeness (QED) is 0.412. The summed E-state index contributed by atoms with van der Waals surface area (Å²) >= 11 is 1.05. The first kappa shape index (κ1) is 21.1. The number of carbonyl (C=O) groups is 2. The molecule has 7 nitrogen and oxygen atoms in total. The number of hydrogen-bond acceptors (Lipinski definition) is 7. The van der Waals surface area contributed by atoms with Gasteiger partial charge in [0.25, 0.3) is 5.91 Å². The summed E-state index contributed by atoms with van der Waals surface area (Å²) in [5, 5.41) is 13.5. The van der Waals surface area contributed by atoms with Gasteiger partial charge in [0.2, 0.25) is 0 Å². The molecule has 1 N–H and O–H groups in total. The van der Waals surface area contributed by atoms with Crippen LogP contribution < -0.4 is 14.8 Å². The summed E-state index contributed by atoms with van der Waals surface area (Å²) in [6.07, 6.45) is 0. The predicted molar refractivity (Wildman–Crippen MR) is 105 cm³/mol. The highest BCUT2D eigenvalue weighted by Gasteiger charge is 2.12. The first-order valence-electron chi connectivity index (χ1n) is 8.32. The van der Waals surface area contributed by atoms with Crippen LogP contribution in [0.3, 0.4) is 0 Å². The number of thiocyanates is 1. The van der Waals surface area contributed by atoms with Crippen molar-refractivity contribution in [1.82, 2.24) is 0 Å². The van der Waals surface area contributed by atoms with Gasteiger partial charge in [0.05, 0.1) is 7.11 Å². The van der Waals surface area contributed by atoms with E-state index in [-0.39, 0.29) is 6.61 Å². The summed E-state index contributed by atoms with van der Waals surface area (Å²) < 4.78 is 15.3. The number of anilines is 1. The highest BCUT2D eigenvalue weighted by atomic mass is 32.2. The number of thioether (sulfide) groups is 1. The van der Waals surface area contributed by atoms with Crippen LogP contribution in [0.15, 0.2) is 41.3 Å². The van der Waals surface area contributed by atoms with Crippen LogP contribution in [0.25, 0.3) is 0 Å². The lowest BCUT2D eigenvalue weighted by molar-refractivity contribution is -0.149. The zero-order valence-electron chi connectivity index (χ0n) is 15.8. The number of nitrogens with zero attached hydrogens (tertiary/aromatic N) is 1. The molecule has 2 aromatic rings. The number of esters is 1. The molecule has 0 aromatic heterocycles. The topological polar surface area (TPSA) is 97.7 Å². The minimum atomic E-state index is -0.653. The van der Waals surface area contributed by atoms with Gasteiger partial charge >= 0.3 is 5.97 Å². The van der Waals surface area contributed by atoms with Gasteiger partial charge in [0.15, 0.2) is 13.2 Å². The largest absolute Gasteiger partial charge is 0.497 e. The fourth-order valence-electron chi connectivity index (χ4n) is 2.41. The van der Waals surface area contributed by atoms with E-state index < -0.39 is 18.5 Å². The molecule has 1 amide bonds. The Labute approximate surface area is 167 Å². The zero-order chi connectivity index (χ0) is 20.5. The van der Waals surface area contributed by atoms with E-state index in [0.29, 0.717) is 17.2 Å². The molecule has 8 heteroatoms. The average molecular weight is 400 g/mol. The van der Waals surface area contributed by atoms with E-state index in [9.17, 15) is 9.59 Å². The average Bonchev–Trinajstić information content (AvgIpc) is 2.68. The third kappa shape index (κ3) is 6.21. The number of rotatable bonds is 8. The summed E-state index contributed by atoms with van der Waals surface area (Å²) in [6, 6.07) is 10.4. The van der Waals surface area contributed by atoms with Gasteiger partial charge in [-0.1, -0.05) is 0 Å². The Hall–Kier alpha value is -3.18. The van der Waals surface area contributed by atoms with E-state index in [0.717, 1.165) is 27.8 Å². The number of amides is 1. The van der Waals surface area contributed by atoms with E-state index in [1.165, 1.54) is 0 Å². The molecule has 0 atom stereocenters. The van der Waals surface area contributed by atoms with Gasteiger partial charge in [-0.25, -0.2) is 4.79 Å². The van der Waals surface area contributed by atoms with E-state index >= 15 is 0 Å². The summed E-state index contributed by atoms with van der Waals surface area (Å²) in [6.45, 7) is 2.94. The van der Waals surface area contributed by atoms with Gasteiger partial charge in [-0.3, -0.25) is 4.79 Å². The Kier molecular flexibility index (Phi) is 7.72. The van der Waals surface area contributed by atoms with E-state index in [1.54, 1.807) is 31.4 Å². The Morgan fingerprint density at radius 2 is 1.68 bits per heavy atom. The van der Waals surface area contributed by atoms with Crippen LogP contribution in [0.1, 0.15) is 11.1 Å². The molecule has 0 saturated carbocycles. The third-order valence-electron chi connectivity index (χ3n) is 3.71. The van der Waals surface area contributed by atoms with Crippen LogP contribution in [-0.2, 0) is 14.3 Å². The molecule has 0 heterocycles.